The van der Waals surface area contributed by atoms with Crippen molar-refractivity contribution in [1.82, 2.24) is 0 Å². The second-order valence-corrected chi connectivity index (χ2v) is 3.78. The third-order valence-electron chi connectivity index (χ3n) is 2.50. The number of anilines is 1. The average molecular weight is 241 g/mol. The number of nitrogens with two attached hydrogens (primary N) is 1. The Morgan fingerprint density at radius 1 is 1.22 bits per heavy atom. The van der Waals surface area contributed by atoms with Crippen molar-refractivity contribution in [3.63, 3.8) is 0 Å². The highest BCUT2D eigenvalue weighted by Crippen LogP contribution is 2.22. The molecular formula is C15H12FNO. The number of hydrogen-bond acceptors (Lipinski definition) is 2. The number of terminal acetylenes is 1. The van der Waals surface area contributed by atoms with Crippen LogP contribution < -0.4 is 10.5 Å². The van der Waals surface area contributed by atoms with Crippen molar-refractivity contribution < 1.29 is 9.13 Å². The Kier molecular flexibility index (Phi) is 3.49. The van der Waals surface area contributed by atoms with E-state index in [-0.39, 0.29) is 12.4 Å². The maximum absolute atomic E-state index is 13.4. The first-order chi connectivity index (χ1) is 8.70. The average Bonchev–Trinajstić information content (AvgIpc) is 2.39. The molecule has 2 aromatic carbocycles. The van der Waals surface area contributed by atoms with Gasteiger partial charge in [0, 0.05) is 11.3 Å². The molecule has 0 aromatic heterocycles. The lowest BCUT2D eigenvalue weighted by atomic mass is 10.2. The van der Waals surface area contributed by atoms with E-state index in [9.17, 15) is 4.39 Å². The molecule has 0 aliphatic carbocycles. The van der Waals surface area contributed by atoms with Gasteiger partial charge in [0.05, 0.1) is 5.56 Å². The van der Waals surface area contributed by atoms with Gasteiger partial charge in [-0.2, -0.15) is 0 Å². The van der Waals surface area contributed by atoms with Crippen LogP contribution in [0.3, 0.4) is 0 Å². The van der Waals surface area contributed by atoms with Crippen LogP contribution in [-0.2, 0) is 6.61 Å². The van der Waals surface area contributed by atoms with E-state index < -0.39 is 0 Å². The van der Waals surface area contributed by atoms with E-state index in [1.54, 1.807) is 36.4 Å². The first kappa shape index (κ1) is 12.0. The SMILES string of the molecule is C#Cc1cc(N)ccc1OCc1ccccc1F. The standard InChI is InChI=1S/C15H12FNO/c1-2-11-9-13(17)7-8-15(11)18-10-12-5-3-4-6-14(12)16/h1,3-9H,10,17H2. The zero-order valence-electron chi connectivity index (χ0n) is 9.69. The van der Waals surface area contributed by atoms with E-state index in [4.69, 9.17) is 16.9 Å². The van der Waals surface area contributed by atoms with Gasteiger partial charge in [0.15, 0.2) is 0 Å². The van der Waals surface area contributed by atoms with Crippen LogP contribution >= 0.6 is 0 Å². The molecule has 2 rings (SSSR count). The van der Waals surface area contributed by atoms with Gasteiger partial charge in [0.2, 0.25) is 0 Å². The molecule has 2 aromatic rings. The van der Waals surface area contributed by atoms with Gasteiger partial charge < -0.3 is 10.5 Å². The van der Waals surface area contributed by atoms with Gasteiger partial charge in [-0.15, -0.1) is 6.42 Å². The monoisotopic (exact) mass is 241 g/mol. The van der Waals surface area contributed by atoms with Crippen molar-refractivity contribution >= 4 is 5.69 Å². The Morgan fingerprint density at radius 2 is 2.00 bits per heavy atom. The molecule has 0 aliphatic heterocycles. The zero-order valence-corrected chi connectivity index (χ0v) is 9.69. The number of rotatable bonds is 3. The number of benzene rings is 2. The summed E-state index contributed by atoms with van der Waals surface area (Å²) >= 11 is 0. The van der Waals surface area contributed by atoms with Gasteiger partial charge in [0.25, 0.3) is 0 Å². The molecule has 0 atom stereocenters. The van der Waals surface area contributed by atoms with Crippen LogP contribution in [0.25, 0.3) is 0 Å². The lowest BCUT2D eigenvalue weighted by molar-refractivity contribution is 0.299. The van der Waals surface area contributed by atoms with Crippen molar-refractivity contribution in [2.75, 3.05) is 5.73 Å². The molecule has 0 spiro atoms. The van der Waals surface area contributed by atoms with Gasteiger partial charge >= 0.3 is 0 Å². The molecular weight excluding hydrogens is 229 g/mol. The Hall–Kier alpha value is -2.47. The summed E-state index contributed by atoms with van der Waals surface area (Å²) in [5.74, 6) is 2.72. The molecule has 0 bridgehead atoms. The molecule has 18 heavy (non-hydrogen) atoms. The van der Waals surface area contributed by atoms with Crippen molar-refractivity contribution in [3.8, 4) is 18.1 Å². The molecule has 2 N–H and O–H groups in total. The van der Waals surface area contributed by atoms with Gasteiger partial charge in [-0.05, 0) is 24.3 Å². The summed E-state index contributed by atoms with van der Waals surface area (Å²) in [6, 6.07) is 11.5. The maximum Gasteiger partial charge on any atom is 0.135 e. The smallest absolute Gasteiger partial charge is 0.135 e. The Morgan fingerprint density at radius 3 is 2.72 bits per heavy atom. The van der Waals surface area contributed by atoms with Gasteiger partial charge in [0.1, 0.15) is 18.2 Å². The van der Waals surface area contributed by atoms with Crippen molar-refractivity contribution in [2.24, 2.45) is 0 Å². The minimum absolute atomic E-state index is 0.130. The number of hydrogen-bond donors (Lipinski definition) is 1. The zero-order chi connectivity index (χ0) is 13.0. The Labute approximate surface area is 105 Å². The molecule has 0 unspecified atom stereocenters. The van der Waals surface area contributed by atoms with E-state index in [1.165, 1.54) is 6.07 Å². The van der Waals surface area contributed by atoms with Crippen molar-refractivity contribution in [3.05, 3.63) is 59.4 Å². The van der Waals surface area contributed by atoms with Crippen LogP contribution in [0.1, 0.15) is 11.1 Å². The highest BCUT2D eigenvalue weighted by Gasteiger charge is 2.05. The van der Waals surface area contributed by atoms with Gasteiger partial charge in [-0.25, -0.2) is 4.39 Å². The summed E-state index contributed by atoms with van der Waals surface area (Å²) in [6.45, 7) is 0.130. The van der Waals surface area contributed by atoms with Gasteiger partial charge in [-0.3, -0.25) is 0 Å². The maximum atomic E-state index is 13.4. The molecule has 0 radical (unpaired) electrons. The first-order valence-corrected chi connectivity index (χ1v) is 5.43. The molecule has 0 fully saturated rings. The number of nitrogen functional groups attached to an aromatic ring is 1. The predicted octanol–water partition coefficient (Wildman–Crippen LogP) is 2.97. The van der Waals surface area contributed by atoms with Crippen LogP contribution in [0.2, 0.25) is 0 Å². The summed E-state index contributed by atoms with van der Waals surface area (Å²) in [5, 5.41) is 0. The second-order valence-electron chi connectivity index (χ2n) is 3.78. The van der Waals surface area contributed by atoms with Crippen LogP contribution in [0.4, 0.5) is 10.1 Å². The molecule has 0 aliphatic rings. The molecule has 0 saturated carbocycles. The summed E-state index contributed by atoms with van der Waals surface area (Å²) in [7, 11) is 0. The molecule has 0 amide bonds. The van der Waals surface area contributed by atoms with E-state index in [0.29, 0.717) is 22.6 Å². The van der Waals surface area contributed by atoms with Crippen LogP contribution in [0, 0.1) is 18.2 Å². The number of ether oxygens (including phenoxy) is 1. The first-order valence-electron chi connectivity index (χ1n) is 5.43. The van der Waals surface area contributed by atoms with E-state index >= 15 is 0 Å². The van der Waals surface area contributed by atoms with Crippen LogP contribution in [-0.4, -0.2) is 0 Å². The van der Waals surface area contributed by atoms with E-state index in [1.807, 2.05) is 0 Å². The van der Waals surface area contributed by atoms with E-state index in [0.717, 1.165) is 0 Å². The summed E-state index contributed by atoms with van der Waals surface area (Å²) in [6.07, 6.45) is 5.36. The second kappa shape index (κ2) is 5.24. The summed E-state index contributed by atoms with van der Waals surface area (Å²) < 4.78 is 18.9. The van der Waals surface area contributed by atoms with Crippen LogP contribution in [0.15, 0.2) is 42.5 Å². The normalized spacial score (nSPS) is 9.78. The molecule has 3 heteroatoms. The molecule has 2 nitrogen and oxygen atoms in total. The van der Waals surface area contributed by atoms with E-state index in [2.05, 4.69) is 5.92 Å². The third-order valence-corrected chi connectivity index (χ3v) is 2.50. The number of halogens is 1. The molecule has 0 saturated heterocycles. The minimum Gasteiger partial charge on any atom is -0.487 e. The predicted molar refractivity (Wildman–Crippen MR) is 69.5 cm³/mol. The van der Waals surface area contributed by atoms with Crippen LogP contribution in [0.5, 0.6) is 5.75 Å². The largest absolute Gasteiger partial charge is 0.487 e. The minimum atomic E-state index is -0.296. The fourth-order valence-electron chi connectivity index (χ4n) is 1.56. The fraction of sp³-hybridized carbons (Fsp3) is 0.0667. The molecule has 90 valence electrons. The van der Waals surface area contributed by atoms with Crippen molar-refractivity contribution in [2.45, 2.75) is 6.61 Å². The lowest BCUT2D eigenvalue weighted by Gasteiger charge is -2.09. The topological polar surface area (TPSA) is 35.2 Å². The summed E-state index contributed by atoms with van der Waals surface area (Å²) in [5.41, 5.74) is 7.24. The van der Waals surface area contributed by atoms with Crippen molar-refractivity contribution in [1.29, 1.82) is 0 Å². The Bertz CT molecular complexity index is 602. The highest BCUT2D eigenvalue weighted by molar-refractivity contribution is 5.54. The molecule has 0 heterocycles. The lowest BCUT2D eigenvalue weighted by Crippen LogP contribution is -2.00. The highest BCUT2D eigenvalue weighted by atomic mass is 19.1. The summed E-state index contributed by atoms with van der Waals surface area (Å²) in [4.78, 5) is 0. The third kappa shape index (κ3) is 2.61. The van der Waals surface area contributed by atoms with Gasteiger partial charge in [-0.1, -0.05) is 24.1 Å². The quantitative estimate of drug-likeness (QED) is 0.662. The Balaban J connectivity index is 2.16. The fourth-order valence-corrected chi connectivity index (χ4v) is 1.56.